The Bertz CT molecular complexity index is 1910. The molecule has 6 nitrogen and oxygen atoms in total. The summed E-state index contributed by atoms with van der Waals surface area (Å²) in [5.41, 5.74) is 16.5. The summed E-state index contributed by atoms with van der Waals surface area (Å²) in [7, 11) is -3.57. The van der Waals surface area contributed by atoms with Gasteiger partial charge in [0.2, 0.25) is 10.0 Å². The summed E-state index contributed by atoms with van der Waals surface area (Å²) >= 11 is 5.87. The summed E-state index contributed by atoms with van der Waals surface area (Å²) in [4.78, 5) is 5.01. The minimum atomic E-state index is -3.57. The van der Waals surface area contributed by atoms with Gasteiger partial charge in [0.05, 0.1) is 4.90 Å². The maximum atomic E-state index is 12.6. The zero-order valence-corrected chi connectivity index (χ0v) is 31.7. The molecule has 0 bridgehead atoms. The average Bonchev–Trinajstić information content (AvgIpc) is 3.40. The Balaban J connectivity index is 0.000000209. The van der Waals surface area contributed by atoms with Gasteiger partial charge in [-0.05, 0) is 115 Å². The lowest BCUT2D eigenvalue weighted by Crippen LogP contribution is -2.34. The molecule has 0 saturated carbocycles. The molecule has 2 heterocycles. The number of rotatable bonds is 9. The van der Waals surface area contributed by atoms with Crippen molar-refractivity contribution in [2.24, 2.45) is 17.6 Å². The Morgan fingerprint density at radius 3 is 1.33 bits per heavy atom. The fraction of sp³-hybridized carbons (Fsp3) is 0.286. The Morgan fingerprint density at radius 2 is 0.961 bits per heavy atom. The van der Waals surface area contributed by atoms with Crippen molar-refractivity contribution < 1.29 is 8.42 Å². The van der Waals surface area contributed by atoms with Crippen molar-refractivity contribution in [1.29, 1.82) is 0 Å². The lowest BCUT2D eigenvalue weighted by molar-refractivity contribution is 0.542. The molecule has 3 N–H and O–H groups in total. The molecular formula is C42H48Cl2N4O2S. The third kappa shape index (κ3) is 9.34. The van der Waals surface area contributed by atoms with Gasteiger partial charge in [0.1, 0.15) is 0 Å². The number of aryl methyl sites for hydroxylation is 4. The van der Waals surface area contributed by atoms with Crippen LogP contribution in [-0.2, 0) is 35.7 Å². The van der Waals surface area contributed by atoms with Crippen molar-refractivity contribution in [1.82, 2.24) is 4.72 Å². The van der Waals surface area contributed by atoms with E-state index < -0.39 is 10.0 Å². The summed E-state index contributed by atoms with van der Waals surface area (Å²) in [6, 6.07) is 40.7. The van der Waals surface area contributed by atoms with E-state index in [1.165, 1.54) is 57.1 Å². The third-order valence-electron chi connectivity index (χ3n) is 9.59. The first-order chi connectivity index (χ1) is 24.2. The monoisotopic (exact) mass is 742 g/mol. The van der Waals surface area contributed by atoms with E-state index in [0.717, 1.165) is 45.3 Å². The zero-order valence-electron chi connectivity index (χ0n) is 29.3. The quantitative estimate of drug-likeness (QED) is 0.158. The molecule has 0 aromatic heterocycles. The molecule has 2 aliphatic rings. The summed E-state index contributed by atoms with van der Waals surface area (Å²) < 4.78 is 28.0. The minimum Gasteiger partial charge on any atom is -0.341 e. The van der Waals surface area contributed by atoms with Crippen LogP contribution in [0.2, 0.25) is 5.02 Å². The van der Waals surface area contributed by atoms with E-state index in [9.17, 15) is 8.42 Å². The van der Waals surface area contributed by atoms with Crippen LogP contribution in [-0.4, -0.2) is 34.6 Å². The van der Waals surface area contributed by atoms with E-state index in [1.807, 2.05) is 0 Å². The first kappa shape index (κ1) is 38.4. The van der Waals surface area contributed by atoms with Crippen molar-refractivity contribution in [2.45, 2.75) is 44.4 Å². The van der Waals surface area contributed by atoms with Gasteiger partial charge in [-0.1, -0.05) is 98.2 Å². The first-order valence-electron chi connectivity index (χ1n) is 17.6. The number of benzene rings is 5. The highest BCUT2D eigenvalue weighted by Gasteiger charge is 2.24. The van der Waals surface area contributed by atoms with Crippen LogP contribution in [0.4, 0.5) is 22.7 Å². The molecule has 51 heavy (non-hydrogen) atoms. The van der Waals surface area contributed by atoms with Gasteiger partial charge in [-0.2, -0.15) is 0 Å². The van der Waals surface area contributed by atoms with Crippen molar-refractivity contribution in [3.63, 3.8) is 0 Å². The second kappa shape index (κ2) is 17.6. The number of halogens is 2. The normalized spacial score (nSPS) is 14.5. The van der Waals surface area contributed by atoms with Crippen LogP contribution in [0, 0.1) is 11.8 Å². The Labute approximate surface area is 315 Å². The predicted molar refractivity (Wildman–Crippen MR) is 216 cm³/mol. The second-order valence-corrected chi connectivity index (χ2v) is 15.7. The molecule has 2 aliphatic heterocycles. The Morgan fingerprint density at radius 1 is 0.608 bits per heavy atom. The number of sulfonamides is 1. The Kier molecular flexibility index (Phi) is 13.2. The average molecular weight is 744 g/mol. The number of fused-ring (bicyclic) bond motifs is 4. The van der Waals surface area contributed by atoms with Crippen LogP contribution in [0.25, 0.3) is 0 Å². The summed E-state index contributed by atoms with van der Waals surface area (Å²) in [5, 5.41) is 0.515. The molecule has 0 radical (unpaired) electrons. The second-order valence-electron chi connectivity index (χ2n) is 13.5. The molecule has 0 amide bonds. The van der Waals surface area contributed by atoms with Gasteiger partial charge >= 0.3 is 0 Å². The van der Waals surface area contributed by atoms with Crippen molar-refractivity contribution >= 4 is 56.8 Å². The summed E-state index contributed by atoms with van der Waals surface area (Å²) in [6.45, 7) is 7.06. The van der Waals surface area contributed by atoms with Crippen LogP contribution in [0.5, 0.6) is 0 Å². The molecule has 0 saturated heterocycles. The first-order valence-corrected chi connectivity index (χ1v) is 19.4. The molecule has 5 aromatic rings. The third-order valence-corrected chi connectivity index (χ3v) is 11.3. The molecule has 2 unspecified atom stereocenters. The number of hydrogen-bond acceptors (Lipinski definition) is 5. The molecule has 5 aromatic carbocycles. The van der Waals surface area contributed by atoms with Crippen molar-refractivity contribution in [3.8, 4) is 0 Å². The van der Waals surface area contributed by atoms with Gasteiger partial charge in [-0.3, -0.25) is 0 Å². The van der Waals surface area contributed by atoms with Gasteiger partial charge in [0, 0.05) is 47.4 Å². The Hall–Kier alpha value is -3.85. The minimum absolute atomic E-state index is 0. The molecule has 268 valence electrons. The lowest BCUT2D eigenvalue weighted by atomic mass is 10.0. The number of para-hydroxylation sites is 4. The van der Waals surface area contributed by atoms with Gasteiger partial charge in [-0.15, -0.1) is 12.4 Å². The smallest absolute Gasteiger partial charge is 0.240 e. The fourth-order valence-electron chi connectivity index (χ4n) is 6.85. The SMILES string of the molecule is CC(CN)CN1c2ccccc2CCc2ccccc21.CC(CNS(=O)(=O)c1ccc(Cl)cc1)CN1c2ccccc2CCc2ccccc21.Cl. The van der Waals surface area contributed by atoms with Gasteiger partial charge in [-0.25, -0.2) is 13.1 Å². The maximum Gasteiger partial charge on any atom is 0.240 e. The van der Waals surface area contributed by atoms with Gasteiger partial charge < -0.3 is 15.5 Å². The molecule has 0 spiro atoms. The van der Waals surface area contributed by atoms with Crippen LogP contribution >= 0.6 is 24.0 Å². The van der Waals surface area contributed by atoms with Gasteiger partial charge in [0.25, 0.3) is 0 Å². The van der Waals surface area contributed by atoms with Crippen LogP contribution in [0.1, 0.15) is 36.1 Å². The van der Waals surface area contributed by atoms with E-state index >= 15 is 0 Å². The van der Waals surface area contributed by atoms with E-state index in [4.69, 9.17) is 17.3 Å². The molecule has 2 atom stereocenters. The van der Waals surface area contributed by atoms with Crippen molar-refractivity contribution in [2.75, 3.05) is 36.0 Å². The zero-order chi connectivity index (χ0) is 35.1. The molecule has 0 fully saturated rings. The lowest BCUT2D eigenvalue weighted by Gasteiger charge is -2.29. The van der Waals surface area contributed by atoms with E-state index in [-0.39, 0.29) is 23.2 Å². The number of anilines is 4. The summed E-state index contributed by atoms with van der Waals surface area (Å²) in [5.74, 6) is 0.584. The maximum absolute atomic E-state index is 12.6. The van der Waals surface area contributed by atoms with E-state index in [2.05, 4.69) is 125 Å². The van der Waals surface area contributed by atoms with Crippen molar-refractivity contribution in [3.05, 3.63) is 149 Å². The molecule has 0 aliphatic carbocycles. The highest BCUT2D eigenvalue weighted by Crippen LogP contribution is 2.37. The molecule has 7 rings (SSSR count). The molecular weight excluding hydrogens is 695 g/mol. The van der Waals surface area contributed by atoms with Crippen LogP contribution in [0.3, 0.4) is 0 Å². The van der Waals surface area contributed by atoms with E-state index in [0.29, 0.717) is 17.5 Å². The topological polar surface area (TPSA) is 78.7 Å². The van der Waals surface area contributed by atoms with Crippen LogP contribution in [0.15, 0.2) is 126 Å². The number of nitrogens with one attached hydrogen (secondary N) is 1. The highest BCUT2D eigenvalue weighted by molar-refractivity contribution is 7.89. The summed E-state index contributed by atoms with van der Waals surface area (Å²) in [6.07, 6.45) is 4.23. The predicted octanol–water partition coefficient (Wildman–Crippen LogP) is 9.13. The van der Waals surface area contributed by atoms with Gasteiger partial charge in [0.15, 0.2) is 0 Å². The number of hydrogen-bond donors (Lipinski definition) is 2. The highest BCUT2D eigenvalue weighted by atomic mass is 35.5. The van der Waals surface area contributed by atoms with E-state index in [1.54, 1.807) is 12.1 Å². The number of nitrogens with two attached hydrogens (primary N) is 1. The fourth-order valence-corrected chi connectivity index (χ4v) is 8.14. The largest absolute Gasteiger partial charge is 0.341 e. The standard InChI is InChI=1S/C24H25ClN2O2S.C18H22N2.ClH/c1-18(16-26-30(28,29)22-14-12-21(25)13-15-22)17-27-23-8-4-2-6-19(23)10-11-20-7-3-5-9-24(20)27;1-14(12-19)13-20-17-8-4-2-6-15(17)10-11-16-7-3-5-9-18(16)20;/h2-9,12-15,18,26H,10-11,16-17H2,1H3;2-9,14H,10-13,19H2,1H3;1H. The number of nitrogens with zero attached hydrogens (tertiary/aromatic N) is 2. The molecule has 9 heteroatoms. The van der Waals surface area contributed by atoms with Crippen LogP contribution < -0.4 is 20.3 Å².